The second kappa shape index (κ2) is 5.26. The summed E-state index contributed by atoms with van der Waals surface area (Å²) in [4.78, 5) is 33.5. The van der Waals surface area contributed by atoms with Crippen LogP contribution in [0.4, 0.5) is 0 Å². The van der Waals surface area contributed by atoms with Crippen LogP contribution in [0.15, 0.2) is 64.3 Å². The Balaban J connectivity index is 1.90. The molecular weight excluding hydrogens is 370 g/mol. The molecule has 0 aliphatic carbocycles. The van der Waals surface area contributed by atoms with E-state index in [1.807, 2.05) is 42.6 Å². The highest BCUT2D eigenvalue weighted by Crippen LogP contribution is 2.36. The Morgan fingerprint density at radius 1 is 1.03 bits per heavy atom. The van der Waals surface area contributed by atoms with E-state index in [4.69, 9.17) is 4.84 Å². The van der Waals surface area contributed by atoms with Crippen molar-refractivity contribution < 1.29 is 9.24 Å². The van der Waals surface area contributed by atoms with Gasteiger partial charge in [0.2, 0.25) is 11.3 Å². The van der Waals surface area contributed by atoms with Crippen LogP contribution in [0, 0.1) is 6.92 Å². The molecule has 29 heavy (non-hydrogen) atoms. The smallest absolute Gasteiger partial charge is 0.312 e. The largest absolute Gasteiger partial charge is 0.415 e. The van der Waals surface area contributed by atoms with Gasteiger partial charge in [-0.25, -0.2) is 4.79 Å². The molecule has 5 aromatic rings. The monoisotopic (exact) mass is 386 g/mol. The van der Waals surface area contributed by atoms with E-state index in [1.54, 1.807) is 16.2 Å². The van der Waals surface area contributed by atoms with Gasteiger partial charge in [-0.05, 0) is 29.4 Å². The number of para-hydroxylation sites is 2. The third kappa shape index (κ3) is 1.90. The fraction of sp³-hybridized carbons (Fsp3) is 0.0952. The molecule has 3 aromatic heterocycles. The van der Waals surface area contributed by atoms with Gasteiger partial charge in [-0.3, -0.25) is 14.3 Å². The Kier molecular flexibility index (Phi) is 2.89. The molecule has 0 atom stereocenters. The molecule has 1 N–H and O–H groups in total. The third-order valence-electron chi connectivity index (χ3n) is 5.51. The Bertz CT molecular complexity index is 1600. The number of aryl methyl sites for hydroxylation is 2. The molecular formula is C21H16N5O3+. The van der Waals surface area contributed by atoms with Gasteiger partial charge in [-0.2, -0.15) is 8.97 Å². The summed E-state index contributed by atoms with van der Waals surface area (Å²) >= 11 is 0. The first-order valence-corrected chi connectivity index (χ1v) is 9.21. The molecule has 1 aliphatic heterocycles. The third-order valence-corrected chi connectivity index (χ3v) is 5.51. The number of fused-ring (bicyclic) bond motifs is 5. The predicted molar refractivity (Wildman–Crippen MR) is 106 cm³/mol. The zero-order valence-electron chi connectivity index (χ0n) is 15.7. The number of aromatic amines is 1. The zero-order valence-corrected chi connectivity index (χ0v) is 15.7. The van der Waals surface area contributed by atoms with Gasteiger partial charge < -0.3 is 4.84 Å². The first kappa shape index (κ1) is 15.9. The second-order valence-electron chi connectivity index (χ2n) is 7.18. The maximum Gasteiger partial charge on any atom is 0.415 e. The van der Waals surface area contributed by atoms with E-state index < -0.39 is 11.2 Å². The molecule has 0 unspecified atom stereocenters. The van der Waals surface area contributed by atoms with E-state index in [0.29, 0.717) is 22.7 Å². The van der Waals surface area contributed by atoms with Crippen molar-refractivity contribution in [2.45, 2.75) is 6.92 Å². The van der Waals surface area contributed by atoms with Gasteiger partial charge in [-0.1, -0.05) is 36.4 Å². The molecule has 2 aromatic carbocycles. The summed E-state index contributed by atoms with van der Waals surface area (Å²) in [6, 6.07) is 15.8. The SMILES string of the molecule is Cc1ccccc1-c1c[n+]2c3c(=O)[nH]c(=O)n(C)c3n3c2n1-c1ccccc1O3. The van der Waals surface area contributed by atoms with Crippen molar-refractivity contribution in [3.05, 3.63) is 81.1 Å². The van der Waals surface area contributed by atoms with Crippen LogP contribution in [-0.4, -0.2) is 18.8 Å². The van der Waals surface area contributed by atoms with Crippen LogP contribution >= 0.6 is 0 Å². The molecule has 6 rings (SSSR count). The average Bonchev–Trinajstić information content (AvgIpc) is 3.25. The van der Waals surface area contributed by atoms with E-state index in [1.165, 1.54) is 4.57 Å². The van der Waals surface area contributed by atoms with Crippen molar-refractivity contribution in [1.29, 1.82) is 0 Å². The van der Waals surface area contributed by atoms with Crippen molar-refractivity contribution in [1.82, 2.24) is 18.8 Å². The van der Waals surface area contributed by atoms with Crippen LogP contribution in [0.25, 0.3) is 33.9 Å². The highest BCUT2D eigenvalue weighted by atomic mass is 16.7. The van der Waals surface area contributed by atoms with Gasteiger partial charge in [0.15, 0.2) is 5.69 Å². The number of nitrogens with zero attached hydrogens (tertiary/aromatic N) is 4. The van der Waals surface area contributed by atoms with Crippen LogP contribution in [0.3, 0.4) is 0 Å². The number of H-pyrrole nitrogens is 1. The van der Waals surface area contributed by atoms with Crippen molar-refractivity contribution >= 4 is 16.9 Å². The first-order valence-electron chi connectivity index (χ1n) is 9.21. The molecule has 1 aliphatic rings. The molecule has 0 spiro atoms. The van der Waals surface area contributed by atoms with Crippen LogP contribution < -0.4 is 20.5 Å². The summed E-state index contributed by atoms with van der Waals surface area (Å²) in [5.74, 6) is 1.28. The van der Waals surface area contributed by atoms with Crippen molar-refractivity contribution in [3.63, 3.8) is 0 Å². The van der Waals surface area contributed by atoms with E-state index in [-0.39, 0.29) is 0 Å². The lowest BCUT2D eigenvalue weighted by atomic mass is 10.1. The number of aromatic nitrogens is 5. The van der Waals surface area contributed by atoms with E-state index in [2.05, 4.69) is 28.6 Å². The summed E-state index contributed by atoms with van der Waals surface area (Å²) in [7, 11) is 1.61. The molecule has 4 heterocycles. The molecule has 0 bridgehead atoms. The molecule has 8 heteroatoms. The van der Waals surface area contributed by atoms with E-state index in [9.17, 15) is 9.59 Å². The minimum absolute atomic E-state index is 0.350. The summed E-state index contributed by atoms with van der Waals surface area (Å²) in [6.45, 7) is 2.05. The van der Waals surface area contributed by atoms with Crippen molar-refractivity contribution in [2.24, 2.45) is 7.05 Å². The number of benzene rings is 2. The van der Waals surface area contributed by atoms with Gasteiger partial charge in [0.1, 0.15) is 11.9 Å². The lowest BCUT2D eigenvalue weighted by Crippen LogP contribution is -2.33. The Hall–Kier alpha value is -4.07. The Labute approximate surface area is 163 Å². The predicted octanol–water partition coefficient (Wildman–Crippen LogP) is 1.69. The molecule has 8 nitrogen and oxygen atoms in total. The highest BCUT2D eigenvalue weighted by molar-refractivity contribution is 5.76. The number of hydrogen-bond acceptors (Lipinski definition) is 3. The van der Waals surface area contributed by atoms with E-state index >= 15 is 0 Å². The maximum atomic E-state index is 12.7. The molecule has 0 amide bonds. The van der Waals surface area contributed by atoms with Gasteiger partial charge in [0.05, 0.1) is 0 Å². The standard InChI is InChI=1S/C21H15N5O3/c1-12-7-3-4-8-13(12)15-11-24-17-18(27)22-20(28)23(2)19(17)26-21(24)25(15)14-9-5-6-10-16(14)29-26/h3-11H,1-2H3/p+1. The first-order chi connectivity index (χ1) is 14.1. The molecule has 142 valence electrons. The van der Waals surface area contributed by atoms with E-state index in [0.717, 1.165) is 22.5 Å². The minimum atomic E-state index is -0.493. The molecule has 0 saturated heterocycles. The zero-order chi connectivity index (χ0) is 19.9. The lowest BCUT2D eigenvalue weighted by Gasteiger charge is -2.15. The second-order valence-corrected chi connectivity index (χ2v) is 7.18. The highest BCUT2D eigenvalue weighted by Gasteiger charge is 2.37. The summed E-state index contributed by atoms with van der Waals surface area (Å²) in [5.41, 5.74) is 3.76. The minimum Gasteiger partial charge on any atom is -0.312 e. The van der Waals surface area contributed by atoms with Gasteiger partial charge in [-0.15, -0.1) is 0 Å². The normalized spacial score (nSPS) is 12.3. The molecule has 0 fully saturated rings. The van der Waals surface area contributed by atoms with Gasteiger partial charge >= 0.3 is 11.5 Å². The van der Waals surface area contributed by atoms with Gasteiger partial charge in [0.25, 0.3) is 11.2 Å². The fourth-order valence-corrected chi connectivity index (χ4v) is 4.14. The average molecular weight is 386 g/mol. The van der Waals surface area contributed by atoms with Crippen molar-refractivity contribution in [3.8, 4) is 22.7 Å². The quantitative estimate of drug-likeness (QED) is 0.437. The number of rotatable bonds is 1. The number of hydrogen-bond donors (Lipinski definition) is 1. The maximum absolute atomic E-state index is 12.7. The van der Waals surface area contributed by atoms with Crippen LogP contribution in [0.5, 0.6) is 5.75 Å². The molecule has 0 saturated carbocycles. The fourth-order valence-electron chi connectivity index (χ4n) is 4.14. The molecule has 0 radical (unpaired) electrons. The number of nitrogens with one attached hydrogen (secondary N) is 1. The summed E-state index contributed by atoms with van der Waals surface area (Å²) < 4.78 is 6.78. The van der Waals surface area contributed by atoms with Crippen LogP contribution in [-0.2, 0) is 7.05 Å². The topological polar surface area (TPSA) is 78.0 Å². The summed E-state index contributed by atoms with van der Waals surface area (Å²) in [6.07, 6.45) is 1.92. The number of imidazole rings is 2. The Morgan fingerprint density at radius 2 is 1.79 bits per heavy atom. The Morgan fingerprint density at radius 3 is 2.62 bits per heavy atom. The summed E-state index contributed by atoms with van der Waals surface area (Å²) in [5, 5.41) is 0. The lowest BCUT2D eigenvalue weighted by molar-refractivity contribution is -0.482. The van der Waals surface area contributed by atoms with Crippen LogP contribution in [0.2, 0.25) is 0 Å². The van der Waals surface area contributed by atoms with Gasteiger partial charge in [0, 0.05) is 12.6 Å². The van der Waals surface area contributed by atoms with Crippen molar-refractivity contribution in [2.75, 3.05) is 0 Å². The van der Waals surface area contributed by atoms with Crippen LogP contribution in [0.1, 0.15) is 5.56 Å².